The van der Waals surface area contributed by atoms with Crippen molar-refractivity contribution in [2.75, 3.05) is 11.2 Å². The molecular weight excluding hydrogens is 232 g/mol. The van der Waals surface area contributed by atoms with E-state index in [0.29, 0.717) is 5.88 Å². The van der Waals surface area contributed by atoms with Gasteiger partial charge >= 0.3 is 0 Å². The number of rotatable bonds is 4. The number of hydrogen-bond acceptors (Lipinski definition) is 2. The van der Waals surface area contributed by atoms with E-state index >= 15 is 0 Å². The van der Waals surface area contributed by atoms with Crippen molar-refractivity contribution < 1.29 is 0 Å². The van der Waals surface area contributed by atoms with Crippen LogP contribution in [0.3, 0.4) is 0 Å². The van der Waals surface area contributed by atoms with Gasteiger partial charge in [-0.05, 0) is 38.5 Å². The Balaban J connectivity index is 2.25. The summed E-state index contributed by atoms with van der Waals surface area (Å²) in [4.78, 5) is 4.59. The first-order chi connectivity index (χ1) is 8.11. The van der Waals surface area contributed by atoms with E-state index in [9.17, 15) is 0 Å². The number of anilines is 1. The maximum atomic E-state index is 5.79. The lowest BCUT2D eigenvalue weighted by Gasteiger charge is -2.26. The summed E-state index contributed by atoms with van der Waals surface area (Å²) in [5, 5.41) is 4.58. The Kier molecular flexibility index (Phi) is 3.53. The van der Waals surface area contributed by atoms with Gasteiger partial charge in [0.1, 0.15) is 5.82 Å². The van der Waals surface area contributed by atoms with Gasteiger partial charge in [-0.2, -0.15) is 0 Å². The Labute approximate surface area is 107 Å². The lowest BCUT2D eigenvalue weighted by atomic mass is 10.0. The Morgan fingerprint density at radius 3 is 2.71 bits per heavy atom. The molecule has 17 heavy (non-hydrogen) atoms. The normalized spacial score (nSPS) is 11.7. The lowest BCUT2D eigenvalue weighted by molar-refractivity contribution is 0.548. The number of nitrogens with zero attached hydrogens (tertiary/aromatic N) is 1. The quantitative estimate of drug-likeness (QED) is 0.826. The molecule has 0 aliphatic heterocycles. The van der Waals surface area contributed by atoms with E-state index in [4.69, 9.17) is 11.6 Å². The number of pyridine rings is 1. The molecule has 3 heteroatoms. The molecule has 1 heterocycles. The van der Waals surface area contributed by atoms with Crippen molar-refractivity contribution in [1.29, 1.82) is 0 Å². The molecule has 0 bridgehead atoms. The number of fused-ring (bicyclic) bond motifs is 1. The minimum atomic E-state index is -0.0305. The third-order valence-electron chi connectivity index (χ3n) is 2.78. The van der Waals surface area contributed by atoms with Crippen LogP contribution in [0.1, 0.15) is 20.3 Å². The van der Waals surface area contributed by atoms with Crippen LogP contribution in [0.5, 0.6) is 0 Å². The SMILES string of the molecule is CC(C)(CCCl)Nc1ccc2ccccc2n1. The standard InChI is InChI=1S/C14H17ClN2/c1-14(2,9-10-15)17-13-8-7-11-5-3-4-6-12(11)16-13/h3-8H,9-10H2,1-2H3,(H,16,17). The van der Waals surface area contributed by atoms with Crippen LogP contribution < -0.4 is 5.32 Å². The van der Waals surface area contributed by atoms with E-state index in [1.807, 2.05) is 24.3 Å². The minimum absolute atomic E-state index is 0.0305. The van der Waals surface area contributed by atoms with Crippen molar-refractivity contribution in [1.82, 2.24) is 4.98 Å². The van der Waals surface area contributed by atoms with Crippen LogP contribution in [-0.4, -0.2) is 16.4 Å². The predicted molar refractivity (Wildman–Crippen MR) is 74.8 cm³/mol. The zero-order chi connectivity index (χ0) is 12.3. The van der Waals surface area contributed by atoms with Crippen molar-refractivity contribution in [2.24, 2.45) is 0 Å². The average Bonchev–Trinajstić information content (AvgIpc) is 2.28. The highest BCUT2D eigenvalue weighted by molar-refractivity contribution is 6.17. The maximum absolute atomic E-state index is 5.79. The molecule has 0 saturated heterocycles. The van der Waals surface area contributed by atoms with Crippen LogP contribution >= 0.6 is 11.6 Å². The van der Waals surface area contributed by atoms with Crippen molar-refractivity contribution >= 4 is 28.3 Å². The number of para-hydroxylation sites is 1. The van der Waals surface area contributed by atoms with Gasteiger partial charge in [0, 0.05) is 16.8 Å². The van der Waals surface area contributed by atoms with E-state index in [1.165, 1.54) is 0 Å². The molecule has 0 amide bonds. The lowest BCUT2D eigenvalue weighted by Crippen LogP contribution is -2.31. The van der Waals surface area contributed by atoms with Crippen molar-refractivity contribution in [3.63, 3.8) is 0 Å². The van der Waals surface area contributed by atoms with Crippen LogP contribution in [0.15, 0.2) is 36.4 Å². The Morgan fingerprint density at radius 1 is 1.18 bits per heavy atom. The van der Waals surface area contributed by atoms with Crippen LogP contribution in [-0.2, 0) is 0 Å². The summed E-state index contributed by atoms with van der Waals surface area (Å²) in [5.41, 5.74) is 0.983. The number of alkyl halides is 1. The largest absolute Gasteiger partial charge is 0.365 e. The summed E-state index contributed by atoms with van der Waals surface area (Å²) >= 11 is 5.79. The Morgan fingerprint density at radius 2 is 1.94 bits per heavy atom. The summed E-state index contributed by atoms with van der Waals surface area (Å²) in [6.45, 7) is 4.26. The van der Waals surface area contributed by atoms with Crippen LogP contribution in [0, 0.1) is 0 Å². The van der Waals surface area contributed by atoms with Crippen molar-refractivity contribution in [2.45, 2.75) is 25.8 Å². The molecule has 1 aromatic carbocycles. The van der Waals surface area contributed by atoms with Crippen LogP contribution in [0.4, 0.5) is 5.82 Å². The molecule has 0 atom stereocenters. The fourth-order valence-corrected chi connectivity index (χ4v) is 2.25. The van der Waals surface area contributed by atoms with Gasteiger partial charge in [0.2, 0.25) is 0 Å². The molecule has 0 fully saturated rings. The molecule has 1 aromatic heterocycles. The first kappa shape index (κ1) is 12.2. The molecule has 2 aromatic rings. The van der Waals surface area contributed by atoms with Gasteiger partial charge < -0.3 is 5.32 Å². The van der Waals surface area contributed by atoms with E-state index < -0.39 is 0 Å². The maximum Gasteiger partial charge on any atom is 0.127 e. The molecule has 0 spiro atoms. The van der Waals surface area contributed by atoms with Crippen LogP contribution in [0.2, 0.25) is 0 Å². The summed E-state index contributed by atoms with van der Waals surface area (Å²) < 4.78 is 0. The second kappa shape index (κ2) is 4.92. The van der Waals surface area contributed by atoms with E-state index in [2.05, 4.69) is 36.3 Å². The zero-order valence-electron chi connectivity index (χ0n) is 10.2. The zero-order valence-corrected chi connectivity index (χ0v) is 11.0. The third kappa shape index (κ3) is 3.10. The summed E-state index contributed by atoms with van der Waals surface area (Å²) in [6, 6.07) is 12.2. The summed E-state index contributed by atoms with van der Waals surface area (Å²) in [7, 11) is 0. The average molecular weight is 249 g/mol. The number of aromatic nitrogens is 1. The third-order valence-corrected chi connectivity index (χ3v) is 2.97. The second-order valence-corrected chi connectivity index (χ2v) is 5.22. The minimum Gasteiger partial charge on any atom is -0.365 e. The highest BCUT2D eigenvalue weighted by Gasteiger charge is 2.16. The molecule has 90 valence electrons. The van der Waals surface area contributed by atoms with Gasteiger partial charge in [0.25, 0.3) is 0 Å². The van der Waals surface area contributed by atoms with Gasteiger partial charge in [-0.3, -0.25) is 0 Å². The van der Waals surface area contributed by atoms with E-state index in [1.54, 1.807) is 0 Å². The summed E-state index contributed by atoms with van der Waals surface area (Å²) in [6.07, 6.45) is 0.906. The Hall–Kier alpha value is -1.28. The summed E-state index contributed by atoms with van der Waals surface area (Å²) in [5.74, 6) is 1.55. The first-order valence-corrected chi connectivity index (χ1v) is 6.34. The topological polar surface area (TPSA) is 24.9 Å². The number of halogens is 1. The second-order valence-electron chi connectivity index (χ2n) is 4.84. The van der Waals surface area contributed by atoms with E-state index in [-0.39, 0.29) is 5.54 Å². The first-order valence-electron chi connectivity index (χ1n) is 5.81. The molecular formula is C14H17ClN2. The number of hydrogen-bond donors (Lipinski definition) is 1. The highest BCUT2D eigenvalue weighted by Crippen LogP contribution is 2.20. The molecule has 2 nitrogen and oxygen atoms in total. The van der Waals surface area contributed by atoms with Gasteiger partial charge in [-0.25, -0.2) is 4.98 Å². The van der Waals surface area contributed by atoms with Crippen molar-refractivity contribution in [3.8, 4) is 0 Å². The fraction of sp³-hybridized carbons (Fsp3) is 0.357. The molecule has 0 aliphatic rings. The molecule has 0 aliphatic carbocycles. The smallest absolute Gasteiger partial charge is 0.127 e. The fourth-order valence-electron chi connectivity index (χ4n) is 1.78. The van der Waals surface area contributed by atoms with Crippen LogP contribution in [0.25, 0.3) is 10.9 Å². The van der Waals surface area contributed by atoms with E-state index in [0.717, 1.165) is 23.1 Å². The molecule has 2 rings (SSSR count). The van der Waals surface area contributed by atoms with Gasteiger partial charge in [0.05, 0.1) is 5.52 Å². The Bertz CT molecular complexity index is 508. The molecule has 1 N–H and O–H groups in total. The monoisotopic (exact) mass is 248 g/mol. The number of nitrogens with one attached hydrogen (secondary N) is 1. The van der Waals surface area contributed by atoms with Gasteiger partial charge in [0.15, 0.2) is 0 Å². The van der Waals surface area contributed by atoms with Gasteiger partial charge in [-0.1, -0.05) is 18.2 Å². The van der Waals surface area contributed by atoms with Crippen molar-refractivity contribution in [3.05, 3.63) is 36.4 Å². The molecule has 0 radical (unpaired) electrons. The molecule has 0 saturated carbocycles. The molecule has 0 unspecified atom stereocenters. The van der Waals surface area contributed by atoms with Gasteiger partial charge in [-0.15, -0.1) is 11.6 Å². The number of benzene rings is 1. The predicted octanol–water partition coefficient (Wildman–Crippen LogP) is 4.05. The highest BCUT2D eigenvalue weighted by atomic mass is 35.5.